The fourth-order valence-electron chi connectivity index (χ4n) is 7.90. The summed E-state index contributed by atoms with van der Waals surface area (Å²) in [6.45, 7) is 1.90. The second-order valence-corrected chi connectivity index (χ2v) is 19.4. The number of carbonyl (C=O) groups is 4. The van der Waals surface area contributed by atoms with Crippen LogP contribution in [0.25, 0.3) is 11.1 Å². The number of methoxy groups -OCH3 is 2. The molecule has 1 saturated heterocycles. The zero-order chi connectivity index (χ0) is 57.4. The number of nitrogens with zero attached hydrogens (tertiary/aromatic N) is 4. The number of ether oxygens (including phenoxy) is 3. The highest BCUT2D eigenvalue weighted by molar-refractivity contribution is 5.87. The van der Waals surface area contributed by atoms with Gasteiger partial charge in [-0.2, -0.15) is 40.2 Å². The van der Waals surface area contributed by atoms with E-state index >= 15 is 8.78 Å². The van der Waals surface area contributed by atoms with Crippen molar-refractivity contribution in [2.45, 2.75) is 109 Å². The lowest BCUT2D eigenvalue weighted by atomic mass is 9.82. The van der Waals surface area contributed by atoms with Crippen molar-refractivity contribution in [3.05, 3.63) is 107 Å². The third-order valence-corrected chi connectivity index (χ3v) is 12.8. The molecule has 1 fully saturated rings. The number of aromatic nitrogens is 3. The first-order valence-corrected chi connectivity index (χ1v) is 23.4. The first-order valence-electron chi connectivity index (χ1n) is 23.4. The van der Waals surface area contributed by atoms with Crippen LogP contribution in [0.3, 0.4) is 0 Å². The summed E-state index contributed by atoms with van der Waals surface area (Å²) in [7, 11) is 1.59. The molecule has 6 N–H and O–H groups in total. The molecule has 0 aliphatic carbocycles. The summed E-state index contributed by atoms with van der Waals surface area (Å²) in [5.41, 5.74) is -4.34. The maximum atomic E-state index is 16.0. The van der Waals surface area contributed by atoms with E-state index in [1.54, 1.807) is 23.6 Å². The van der Waals surface area contributed by atoms with Gasteiger partial charge in [0, 0.05) is 60.8 Å². The number of pyridine rings is 1. The van der Waals surface area contributed by atoms with E-state index in [0.717, 1.165) is 26.6 Å². The number of alkyl halides is 8. The summed E-state index contributed by atoms with van der Waals surface area (Å²) >= 11 is 0. The largest absolute Gasteiger partial charge is 0.453 e. The van der Waals surface area contributed by atoms with Gasteiger partial charge in [-0.25, -0.2) is 28.1 Å². The van der Waals surface area contributed by atoms with Crippen LogP contribution in [0.2, 0.25) is 0 Å². The number of carbonyl (C=O) groups excluding carboxylic acids is 4. The highest BCUT2D eigenvalue weighted by atomic mass is 19.4. The van der Waals surface area contributed by atoms with Crippen LogP contribution in [-0.2, 0) is 42.4 Å². The van der Waals surface area contributed by atoms with Crippen LogP contribution >= 0.6 is 0 Å². The molecule has 4 aromatic rings. The molecule has 0 saturated carbocycles. The number of amides is 4. The summed E-state index contributed by atoms with van der Waals surface area (Å²) < 4.78 is 161. The summed E-state index contributed by atoms with van der Waals surface area (Å²) in [5.74, 6) is -0.136. The number of hydrogen-bond donors (Lipinski definition) is 6. The molecule has 1 aliphatic rings. The predicted octanol–water partition coefficient (Wildman–Crippen LogP) is 6.79. The summed E-state index contributed by atoms with van der Waals surface area (Å²) in [6, 6.07) is 4.06. The van der Waals surface area contributed by atoms with E-state index in [9.17, 15) is 59.4 Å². The number of benzene rings is 2. The van der Waals surface area contributed by atoms with E-state index in [0.29, 0.717) is 74.7 Å². The molecule has 0 spiro atoms. The van der Waals surface area contributed by atoms with Crippen molar-refractivity contribution in [2.24, 2.45) is 10.8 Å². The van der Waals surface area contributed by atoms with Crippen molar-refractivity contribution in [1.82, 2.24) is 46.5 Å². The summed E-state index contributed by atoms with van der Waals surface area (Å²) in [4.78, 5) is 57.3. The molecule has 1 aliphatic heterocycles. The molecular formula is C50H57F10N9O8. The molecular weight excluding hydrogens is 1040 g/mol. The van der Waals surface area contributed by atoms with Gasteiger partial charge in [0.1, 0.15) is 29.3 Å². The second-order valence-electron chi connectivity index (χ2n) is 19.4. The fourth-order valence-corrected chi connectivity index (χ4v) is 7.90. The van der Waals surface area contributed by atoms with E-state index in [1.807, 2.05) is 24.6 Å². The van der Waals surface area contributed by atoms with Crippen molar-refractivity contribution >= 4 is 24.0 Å². The molecule has 77 heavy (non-hydrogen) atoms. The number of halogens is 10. The maximum Gasteiger partial charge on any atom is 0.407 e. The number of rotatable bonds is 18. The third-order valence-electron chi connectivity index (χ3n) is 12.8. The van der Waals surface area contributed by atoms with Crippen LogP contribution in [0.5, 0.6) is 0 Å². The fraction of sp³-hybridized carbons (Fsp3) is 0.480. The average molecular weight is 1100 g/mol. The first-order chi connectivity index (χ1) is 35.8. The SMILES string of the molecule is COC(=O)NC(C(=O)NC(Cc1ccc(C#Cc2ccc([C@]3(C)CNC[C@@H](C)O3)nc2)cc1)C(O)CN(Cc1c(F)cc(-c2cnn(C(F)F)c2)cc1F)NC(=O)C(NC(=O)OC)C(C)(C)C(F)(F)F)C(C)(C)C(F)(F)F. The van der Waals surface area contributed by atoms with E-state index in [1.165, 1.54) is 24.3 Å². The zero-order valence-electron chi connectivity index (χ0n) is 42.7. The van der Waals surface area contributed by atoms with E-state index in [2.05, 4.69) is 42.0 Å². The molecule has 17 nitrogen and oxygen atoms in total. The highest BCUT2D eigenvalue weighted by Crippen LogP contribution is 2.42. The van der Waals surface area contributed by atoms with Gasteiger partial charge in [-0.05, 0) is 95.5 Å². The topological polar surface area (TPSA) is 210 Å². The van der Waals surface area contributed by atoms with Gasteiger partial charge in [0.05, 0.1) is 55.2 Å². The Bertz CT molecular complexity index is 2760. The number of hydrazine groups is 1. The summed E-state index contributed by atoms with van der Waals surface area (Å²) in [6.07, 6.45) is -12.9. The van der Waals surface area contributed by atoms with Crippen molar-refractivity contribution in [1.29, 1.82) is 0 Å². The van der Waals surface area contributed by atoms with Crippen LogP contribution in [-0.4, -0.2) is 125 Å². The molecule has 3 heterocycles. The maximum absolute atomic E-state index is 16.0. The van der Waals surface area contributed by atoms with Crippen molar-refractivity contribution in [3.63, 3.8) is 0 Å². The second kappa shape index (κ2) is 24.5. The number of alkyl carbamates (subject to hydrolysis) is 2. The minimum atomic E-state index is -5.23. The first kappa shape index (κ1) is 60.8. The zero-order valence-corrected chi connectivity index (χ0v) is 42.7. The molecule has 6 atom stereocenters. The standard InChI is InChI=1S/C50H57F10N9O8/c1-27-20-61-26-48(6,77-27)38-16-15-30(21-62-38)14-11-28-9-12-29(13-10-28)17-36(64-41(71)39(65-44(73)75-7)46(2,3)49(55,56)57)37(70)25-68(67-42(72)40(66-45(74)76-8)47(4,5)50(58,59)60)24-33-34(51)18-31(19-35(33)52)32-22-63-69(23-32)43(53)54/h9-10,12-13,15-16,18-19,21-23,27,36-37,39-40,43,61,70H,17,20,24-26H2,1-8H3,(H,64,71)(H,65,73)(H,66,74)(H,67,72)/t27-,36?,37?,39?,40?,48+/m1/s1. The Hall–Kier alpha value is -7.02. The number of morpholine rings is 1. The van der Waals surface area contributed by atoms with Crippen LogP contribution in [0.1, 0.15) is 76.0 Å². The molecule has 420 valence electrons. The van der Waals surface area contributed by atoms with Gasteiger partial charge in [-0.3, -0.25) is 20.0 Å². The lowest BCUT2D eigenvalue weighted by molar-refractivity contribution is -0.221. The molecule has 4 unspecified atom stereocenters. The lowest BCUT2D eigenvalue weighted by Crippen LogP contribution is -2.63. The molecule has 27 heteroatoms. The highest BCUT2D eigenvalue weighted by Gasteiger charge is 2.57. The molecule has 0 bridgehead atoms. The van der Waals surface area contributed by atoms with E-state index < -0.39 is 120 Å². The molecule has 5 rings (SSSR count). The Morgan fingerprint density at radius 2 is 1.39 bits per heavy atom. The Labute approximate surface area is 435 Å². The molecule has 0 radical (unpaired) electrons. The van der Waals surface area contributed by atoms with Gasteiger partial charge in [0.2, 0.25) is 5.91 Å². The normalized spacial score (nSPS) is 17.8. The van der Waals surface area contributed by atoms with Crippen molar-refractivity contribution < 1.29 is 82.4 Å². The Kier molecular flexibility index (Phi) is 19.4. The van der Waals surface area contributed by atoms with Gasteiger partial charge < -0.3 is 40.6 Å². The molecule has 2 aromatic heterocycles. The number of aliphatic hydroxyl groups is 1. The van der Waals surface area contributed by atoms with Gasteiger partial charge >= 0.3 is 31.1 Å². The van der Waals surface area contributed by atoms with Crippen LogP contribution in [0.15, 0.2) is 67.1 Å². The van der Waals surface area contributed by atoms with Crippen molar-refractivity contribution in [3.8, 4) is 23.0 Å². The quantitative estimate of drug-likeness (QED) is 0.0346. The van der Waals surface area contributed by atoms with Gasteiger partial charge in [0.15, 0.2) is 0 Å². The number of aliphatic hydroxyl groups excluding tert-OH is 1. The van der Waals surface area contributed by atoms with Crippen LogP contribution in [0, 0.1) is 34.3 Å². The Morgan fingerprint density at radius 3 is 1.88 bits per heavy atom. The third kappa shape index (κ3) is 15.1. The monoisotopic (exact) mass is 1100 g/mol. The van der Waals surface area contributed by atoms with Crippen molar-refractivity contribution in [2.75, 3.05) is 33.9 Å². The minimum absolute atomic E-state index is 0.0481. The Balaban J connectivity index is 1.54. The van der Waals surface area contributed by atoms with E-state index in [-0.39, 0.29) is 27.5 Å². The average Bonchev–Trinajstić information content (AvgIpc) is 3.86. The minimum Gasteiger partial charge on any atom is -0.453 e. The number of hydrogen-bond acceptors (Lipinski definition) is 12. The van der Waals surface area contributed by atoms with Crippen LogP contribution < -0.4 is 26.7 Å². The van der Waals surface area contributed by atoms with Crippen LogP contribution in [0.4, 0.5) is 53.5 Å². The number of nitrogens with one attached hydrogen (secondary N) is 5. The van der Waals surface area contributed by atoms with Gasteiger partial charge in [-0.1, -0.05) is 24.0 Å². The predicted molar refractivity (Wildman–Crippen MR) is 255 cm³/mol. The smallest absolute Gasteiger partial charge is 0.407 e. The molecule has 4 amide bonds. The Morgan fingerprint density at radius 1 is 0.844 bits per heavy atom. The lowest BCUT2D eigenvalue weighted by Gasteiger charge is -2.38. The summed E-state index contributed by atoms with van der Waals surface area (Å²) in [5, 5.41) is 25.1. The van der Waals surface area contributed by atoms with E-state index in [4.69, 9.17) is 4.74 Å². The van der Waals surface area contributed by atoms with Gasteiger partial charge in [-0.15, -0.1) is 0 Å². The molecule has 2 aromatic carbocycles. The van der Waals surface area contributed by atoms with Gasteiger partial charge in [0.25, 0.3) is 5.91 Å².